The molecule has 3 nitrogen and oxygen atoms in total. The number of rotatable bonds is 2. The molecular weight excluding hydrogens is 258 g/mol. The lowest BCUT2D eigenvalue weighted by Crippen LogP contribution is -2.38. The maximum Gasteiger partial charge on any atom is 0.157 e. The standard InChI is InChI=1S/C18H15N3/c19-12-15(13-20)18-17-9-5-4-6-14(17)10-11-21(18)16-7-2-1-3-8-16/h1-9,15,18H,10-11H2. The minimum absolute atomic E-state index is 0.202. The molecule has 0 bridgehead atoms. The summed E-state index contributed by atoms with van der Waals surface area (Å²) in [4.78, 5) is 2.18. The summed E-state index contributed by atoms with van der Waals surface area (Å²) < 4.78 is 0. The number of nitriles is 2. The van der Waals surface area contributed by atoms with Gasteiger partial charge in [-0.15, -0.1) is 0 Å². The molecule has 0 radical (unpaired) electrons. The molecule has 0 fully saturated rings. The van der Waals surface area contributed by atoms with Crippen LogP contribution in [0.4, 0.5) is 5.69 Å². The van der Waals surface area contributed by atoms with Crippen LogP contribution in [0, 0.1) is 28.6 Å². The lowest BCUT2D eigenvalue weighted by Gasteiger charge is -2.39. The van der Waals surface area contributed by atoms with Gasteiger partial charge in [-0.2, -0.15) is 10.5 Å². The van der Waals surface area contributed by atoms with Crippen LogP contribution < -0.4 is 4.90 Å². The van der Waals surface area contributed by atoms with Crippen LogP contribution in [0.2, 0.25) is 0 Å². The first-order valence-electron chi connectivity index (χ1n) is 7.04. The van der Waals surface area contributed by atoms with Crippen molar-refractivity contribution >= 4 is 5.69 Å². The zero-order chi connectivity index (χ0) is 14.7. The molecule has 2 aromatic rings. The molecule has 0 aliphatic carbocycles. The molecule has 21 heavy (non-hydrogen) atoms. The van der Waals surface area contributed by atoms with E-state index < -0.39 is 5.92 Å². The minimum Gasteiger partial charge on any atom is -0.362 e. The van der Waals surface area contributed by atoms with E-state index in [9.17, 15) is 10.5 Å². The van der Waals surface area contributed by atoms with Gasteiger partial charge in [0.15, 0.2) is 5.92 Å². The largest absolute Gasteiger partial charge is 0.362 e. The summed E-state index contributed by atoms with van der Waals surface area (Å²) in [5.74, 6) is -0.674. The van der Waals surface area contributed by atoms with E-state index in [-0.39, 0.29) is 6.04 Å². The van der Waals surface area contributed by atoms with Crippen molar-refractivity contribution in [1.82, 2.24) is 0 Å². The second-order valence-corrected chi connectivity index (χ2v) is 5.16. The summed E-state index contributed by atoms with van der Waals surface area (Å²) >= 11 is 0. The highest BCUT2D eigenvalue weighted by Gasteiger charge is 2.34. The van der Waals surface area contributed by atoms with E-state index in [1.54, 1.807) is 0 Å². The predicted octanol–water partition coefficient (Wildman–Crippen LogP) is 3.45. The van der Waals surface area contributed by atoms with E-state index in [0.717, 1.165) is 24.2 Å². The van der Waals surface area contributed by atoms with E-state index in [1.807, 2.05) is 48.5 Å². The Balaban J connectivity index is 2.10. The van der Waals surface area contributed by atoms with Gasteiger partial charge in [0.25, 0.3) is 0 Å². The first kappa shape index (κ1) is 13.2. The number of nitrogens with zero attached hydrogens (tertiary/aromatic N) is 3. The molecule has 0 aromatic heterocycles. The normalized spacial score (nSPS) is 16.9. The fourth-order valence-electron chi connectivity index (χ4n) is 3.04. The van der Waals surface area contributed by atoms with Crippen LogP contribution in [0.5, 0.6) is 0 Å². The summed E-state index contributed by atoms with van der Waals surface area (Å²) in [7, 11) is 0. The van der Waals surface area contributed by atoms with Gasteiger partial charge >= 0.3 is 0 Å². The number of hydrogen-bond donors (Lipinski definition) is 0. The third-order valence-corrected chi connectivity index (χ3v) is 4.01. The molecule has 1 atom stereocenters. The Hall–Kier alpha value is -2.78. The number of benzene rings is 2. The number of para-hydroxylation sites is 1. The highest BCUT2D eigenvalue weighted by molar-refractivity contribution is 5.53. The van der Waals surface area contributed by atoms with Crippen LogP contribution in [0.3, 0.4) is 0 Å². The first-order valence-corrected chi connectivity index (χ1v) is 7.04. The van der Waals surface area contributed by atoms with Crippen LogP contribution in [0.1, 0.15) is 17.2 Å². The van der Waals surface area contributed by atoms with Crippen molar-refractivity contribution in [1.29, 1.82) is 10.5 Å². The minimum atomic E-state index is -0.674. The van der Waals surface area contributed by atoms with E-state index in [0.29, 0.717) is 0 Å². The second-order valence-electron chi connectivity index (χ2n) is 5.16. The molecule has 1 unspecified atom stereocenters. The summed E-state index contributed by atoms with van der Waals surface area (Å²) in [5.41, 5.74) is 3.40. The molecule has 0 spiro atoms. The number of hydrogen-bond acceptors (Lipinski definition) is 3. The maximum atomic E-state index is 9.37. The monoisotopic (exact) mass is 273 g/mol. The molecule has 3 rings (SSSR count). The van der Waals surface area contributed by atoms with Crippen LogP contribution >= 0.6 is 0 Å². The van der Waals surface area contributed by atoms with E-state index in [4.69, 9.17) is 0 Å². The van der Waals surface area contributed by atoms with Gasteiger partial charge in [0.05, 0.1) is 18.2 Å². The van der Waals surface area contributed by atoms with Gasteiger partial charge in [-0.1, -0.05) is 42.5 Å². The van der Waals surface area contributed by atoms with Gasteiger partial charge in [-0.25, -0.2) is 0 Å². The summed E-state index contributed by atoms with van der Waals surface area (Å²) in [6.45, 7) is 0.825. The highest BCUT2D eigenvalue weighted by atomic mass is 15.2. The third-order valence-electron chi connectivity index (χ3n) is 4.01. The molecule has 0 saturated carbocycles. The molecular formula is C18H15N3. The van der Waals surface area contributed by atoms with Gasteiger partial charge in [-0.3, -0.25) is 0 Å². The smallest absolute Gasteiger partial charge is 0.157 e. The average molecular weight is 273 g/mol. The molecule has 1 heterocycles. The van der Waals surface area contributed by atoms with E-state index in [2.05, 4.69) is 23.1 Å². The fourth-order valence-corrected chi connectivity index (χ4v) is 3.04. The second kappa shape index (κ2) is 5.69. The highest BCUT2D eigenvalue weighted by Crippen LogP contribution is 2.37. The average Bonchev–Trinajstić information content (AvgIpc) is 2.57. The van der Waals surface area contributed by atoms with Crippen LogP contribution in [-0.4, -0.2) is 6.54 Å². The number of anilines is 1. The Morgan fingerprint density at radius 3 is 2.33 bits per heavy atom. The SMILES string of the molecule is N#CC(C#N)C1c2ccccc2CCN1c1ccccc1. The van der Waals surface area contributed by atoms with Crippen molar-refractivity contribution in [2.24, 2.45) is 5.92 Å². The zero-order valence-corrected chi connectivity index (χ0v) is 11.6. The van der Waals surface area contributed by atoms with Crippen molar-refractivity contribution in [3.05, 3.63) is 65.7 Å². The van der Waals surface area contributed by atoms with Crippen LogP contribution in [0.25, 0.3) is 0 Å². The van der Waals surface area contributed by atoms with Crippen LogP contribution in [0.15, 0.2) is 54.6 Å². The van der Waals surface area contributed by atoms with Gasteiger partial charge in [0.2, 0.25) is 0 Å². The maximum absolute atomic E-state index is 9.37. The molecule has 0 amide bonds. The Kier molecular flexibility index (Phi) is 3.58. The molecule has 102 valence electrons. The molecule has 1 aliphatic heterocycles. The molecule has 0 saturated heterocycles. The molecule has 1 aliphatic rings. The lowest BCUT2D eigenvalue weighted by atomic mass is 9.85. The Bertz CT molecular complexity index is 695. The van der Waals surface area contributed by atoms with Gasteiger partial charge < -0.3 is 4.90 Å². The molecule has 3 heteroatoms. The third kappa shape index (κ3) is 2.35. The van der Waals surface area contributed by atoms with Gasteiger partial charge in [0, 0.05) is 12.2 Å². The topological polar surface area (TPSA) is 50.8 Å². The Morgan fingerprint density at radius 1 is 0.952 bits per heavy atom. The Morgan fingerprint density at radius 2 is 1.62 bits per heavy atom. The van der Waals surface area contributed by atoms with Crippen LogP contribution in [-0.2, 0) is 6.42 Å². The fraction of sp³-hybridized carbons (Fsp3) is 0.222. The number of fused-ring (bicyclic) bond motifs is 1. The van der Waals surface area contributed by atoms with Crippen molar-refractivity contribution < 1.29 is 0 Å². The van der Waals surface area contributed by atoms with Crippen molar-refractivity contribution in [3.8, 4) is 12.1 Å². The van der Waals surface area contributed by atoms with Gasteiger partial charge in [-0.05, 0) is 29.7 Å². The quantitative estimate of drug-likeness (QED) is 0.842. The summed E-state index contributed by atoms with van der Waals surface area (Å²) in [6, 6.07) is 22.3. The van der Waals surface area contributed by atoms with E-state index in [1.165, 1.54) is 5.56 Å². The summed E-state index contributed by atoms with van der Waals surface area (Å²) in [5, 5.41) is 18.7. The van der Waals surface area contributed by atoms with Crippen molar-refractivity contribution in [2.75, 3.05) is 11.4 Å². The lowest BCUT2D eigenvalue weighted by molar-refractivity contribution is 0.532. The predicted molar refractivity (Wildman–Crippen MR) is 81.4 cm³/mol. The van der Waals surface area contributed by atoms with Crippen molar-refractivity contribution in [2.45, 2.75) is 12.5 Å². The molecule has 2 aromatic carbocycles. The first-order chi connectivity index (χ1) is 10.3. The zero-order valence-electron chi connectivity index (χ0n) is 11.6. The Labute approximate surface area is 124 Å². The molecule has 0 N–H and O–H groups in total. The van der Waals surface area contributed by atoms with Gasteiger partial charge in [0.1, 0.15) is 0 Å². The van der Waals surface area contributed by atoms with E-state index >= 15 is 0 Å². The summed E-state index contributed by atoms with van der Waals surface area (Å²) in [6.07, 6.45) is 0.936. The van der Waals surface area contributed by atoms with Crippen molar-refractivity contribution in [3.63, 3.8) is 0 Å².